The molecule has 1 aromatic carbocycles. The van der Waals surface area contributed by atoms with E-state index in [1.54, 1.807) is 18.2 Å². The van der Waals surface area contributed by atoms with Crippen molar-refractivity contribution in [1.82, 2.24) is 14.5 Å². The lowest BCUT2D eigenvalue weighted by Gasteiger charge is -2.37. The first kappa shape index (κ1) is 18.5. The molecule has 7 nitrogen and oxygen atoms in total. The van der Waals surface area contributed by atoms with Gasteiger partial charge in [0.25, 0.3) is 0 Å². The molecular weight excluding hydrogens is 366 g/mol. The van der Waals surface area contributed by atoms with Gasteiger partial charge >= 0.3 is 0 Å². The minimum Gasteiger partial charge on any atom is -0.490 e. The third kappa shape index (κ3) is 3.26. The first-order valence-electron chi connectivity index (χ1n) is 9.31. The summed E-state index contributed by atoms with van der Waals surface area (Å²) < 4.78 is 34.4. The molecular formula is C19H25N3O4S. The number of fused-ring (bicyclic) bond motifs is 2. The van der Waals surface area contributed by atoms with Crippen LogP contribution in [0.4, 0.5) is 0 Å². The zero-order valence-corrected chi connectivity index (χ0v) is 16.4. The highest BCUT2D eigenvalue weighted by Crippen LogP contribution is 2.41. The highest BCUT2D eigenvalue weighted by atomic mass is 32.2. The summed E-state index contributed by atoms with van der Waals surface area (Å²) in [7, 11) is -3.56. The molecule has 2 atom stereocenters. The van der Waals surface area contributed by atoms with Crippen molar-refractivity contribution in [1.29, 1.82) is 0 Å². The van der Waals surface area contributed by atoms with E-state index in [0.717, 1.165) is 24.2 Å². The number of rotatable bonds is 5. The fraction of sp³-hybridized carbons (Fsp3) is 0.526. The van der Waals surface area contributed by atoms with Crippen LogP contribution in [-0.4, -0.2) is 46.2 Å². The van der Waals surface area contributed by atoms with Crippen LogP contribution < -0.4 is 4.74 Å². The Morgan fingerprint density at radius 3 is 2.33 bits per heavy atom. The van der Waals surface area contributed by atoms with Gasteiger partial charge in [0.1, 0.15) is 16.7 Å². The molecule has 2 fully saturated rings. The van der Waals surface area contributed by atoms with Crippen molar-refractivity contribution in [3.8, 4) is 5.75 Å². The molecule has 2 N–H and O–H groups in total. The molecule has 2 bridgehead atoms. The van der Waals surface area contributed by atoms with Crippen molar-refractivity contribution in [3.63, 3.8) is 0 Å². The molecule has 1 aromatic heterocycles. The maximum absolute atomic E-state index is 13.3. The van der Waals surface area contributed by atoms with Gasteiger partial charge in [0.05, 0.1) is 18.0 Å². The third-order valence-electron chi connectivity index (χ3n) is 5.63. The predicted molar refractivity (Wildman–Crippen MR) is 99.9 cm³/mol. The first-order valence-corrected chi connectivity index (χ1v) is 10.8. The highest BCUT2D eigenvalue weighted by Gasteiger charge is 2.48. The third-order valence-corrected chi connectivity index (χ3v) is 7.90. The van der Waals surface area contributed by atoms with Gasteiger partial charge in [0.15, 0.2) is 0 Å². The number of aryl methyl sites for hydroxylation is 2. The summed E-state index contributed by atoms with van der Waals surface area (Å²) in [5.41, 5.74) is 1.96. The lowest BCUT2D eigenvalue weighted by atomic mass is 10.0. The topological polar surface area (TPSA) is 95.5 Å². The molecule has 2 unspecified atom stereocenters. The summed E-state index contributed by atoms with van der Waals surface area (Å²) in [6, 6.07) is 7.32. The van der Waals surface area contributed by atoms with Gasteiger partial charge in [-0.25, -0.2) is 8.42 Å². The van der Waals surface area contributed by atoms with E-state index in [4.69, 9.17) is 9.84 Å². The molecule has 8 heteroatoms. The second kappa shape index (κ2) is 6.92. The molecule has 0 saturated carbocycles. The van der Waals surface area contributed by atoms with Crippen LogP contribution in [0, 0.1) is 13.8 Å². The molecule has 0 spiro atoms. The van der Waals surface area contributed by atoms with Crippen molar-refractivity contribution in [2.75, 3.05) is 0 Å². The van der Waals surface area contributed by atoms with Crippen LogP contribution in [0.1, 0.15) is 42.6 Å². The maximum Gasteiger partial charge on any atom is 0.247 e. The van der Waals surface area contributed by atoms with Gasteiger partial charge in [-0.05, 0) is 44.4 Å². The predicted octanol–water partition coefficient (Wildman–Crippen LogP) is 2.28. The van der Waals surface area contributed by atoms with Gasteiger partial charge in [-0.15, -0.1) is 0 Å². The summed E-state index contributed by atoms with van der Waals surface area (Å²) in [5, 5.41) is 16.0. The van der Waals surface area contributed by atoms with E-state index in [2.05, 4.69) is 10.2 Å². The largest absolute Gasteiger partial charge is 0.490 e. The second-order valence-electron chi connectivity index (χ2n) is 7.50. The standard InChI is InChI=1S/C19H25N3O4S/c1-12-19(13(2)21-20-12)27(24,25)22-15-5-6-16(22)10-18(9-15)26-17-7-3-14(11-23)4-8-17/h3-4,7-8,15-16,18,23H,5-6,9-11H2,1-2H3,(H,20,21). The number of aliphatic hydroxyl groups excluding tert-OH is 1. The Hall–Kier alpha value is -1.90. The maximum atomic E-state index is 13.3. The SMILES string of the molecule is Cc1n[nH]c(C)c1S(=O)(=O)N1C2CCC1CC(Oc1ccc(CO)cc1)C2. The number of nitrogens with one attached hydrogen (secondary N) is 1. The van der Waals surface area contributed by atoms with Gasteiger partial charge in [0.2, 0.25) is 10.0 Å². The van der Waals surface area contributed by atoms with Crippen LogP contribution in [0.5, 0.6) is 5.75 Å². The van der Waals surface area contributed by atoms with Crippen molar-refractivity contribution >= 4 is 10.0 Å². The minimum atomic E-state index is -3.56. The zero-order chi connectivity index (χ0) is 19.2. The van der Waals surface area contributed by atoms with Crippen LogP contribution >= 0.6 is 0 Å². The molecule has 2 aromatic rings. The number of piperidine rings is 1. The lowest BCUT2D eigenvalue weighted by molar-refractivity contribution is 0.0956. The fourth-order valence-electron chi connectivity index (χ4n) is 4.46. The van der Waals surface area contributed by atoms with Crippen molar-refractivity contribution in [3.05, 3.63) is 41.2 Å². The van der Waals surface area contributed by atoms with Gasteiger partial charge in [-0.2, -0.15) is 9.40 Å². The summed E-state index contributed by atoms with van der Waals surface area (Å²) in [4.78, 5) is 0.318. The Kier molecular flexibility index (Phi) is 4.73. The van der Waals surface area contributed by atoms with E-state index in [-0.39, 0.29) is 24.8 Å². The number of aliphatic hydroxyl groups is 1. The number of sulfonamides is 1. The van der Waals surface area contributed by atoms with Crippen LogP contribution in [0.15, 0.2) is 29.2 Å². The number of hydrogen-bond donors (Lipinski definition) is 2. The second-order valence-corrected chi connectivity index (χ2v) is 9.28. The van der Waals surface area contributed by atoms with Gasteiger partial charge < -0.3 is 9.84 Å². The van der Waals surface area contributed by atoms with E-state index in [1.165, 1.54) is 0 Å². The molecule has 0 aliphatic carbocycles. The summed E-state index contributed by atoms with van der Waals surface area (Å²) >= 11 is 0. The number of aromatic nitrogens is 2. The summed E-state index contributed by atoms with van der Waals surface area (Å²) in [6.07, 6.45) is 3.10. The Morgan fingerprint density at radius 2 is 1.81 bits per heavy atom. The number of ether oxygens (including phenoxy) is 1. The van der Waals surface area contributed by atoms with E-state index < -0.39 is 10.0 Å². The van der Waals surface area contributed by atoms with E-state index in [1.807, 2.05) is 24.3 Å². The van der Waals surface area contributed by atoms with Crippen molar-refractivity contribution < 1.29 is 18.3 Å². The molecule has 3 heterocycles. The van der Waals surface area contributed by atoms with Gasteiger partial charge in [-0.1, -0.05) is 12.1 Å². The van der Waals surface area contributed by atoms with Crippen LogP contribution in [-0.2, 0) is 16.6 Å². The molecule has 0 radical (unpaired) electrons. The fourth-order valence-corrected chi connectivity index (χ4v) is 6.70. The van der Waals surface area contributed by atoms with E-state index in [9.17, 15) is 8.42 Å². The molecule has 4 rings (SSSR count). The number of aromatic amines is 1. The van der Waals surface area contributed by atoms with Gasteiger partial charge in [0, 0.05) is 24.9 Å². The summed E-state index contributed by atoms with van der Waals surface area (Å²) in [6.45, 7) is 3.48. The smallest absolute Gasteiger partial charge is 0.247 e. The zero-order valence-electron chi connectivity index (χ0n) is 15.6. The molecule has 2 aliphatic rings. The van der Waals surface area contributed by atoms with Crippen molar-refractivity contribution in [2.45, 2.75) is 69.2 Å². The Balaban J connectivity index is 1.52. The lowest BCUT2D eigenvalue weighted by Crippen LogP contribution is -2.49. The Morgan fingerprint density at radius 1 is 1.19 bits per heavy atom. The van der Waals surface area contributed by atoms with Crippen LogP contribution in [0.2, 0.25) is 0 Å². The molecule has 146 valence electrons. The normalized spacial score (nSPS) is 25.7. The average molecular weight is 391 g/mol. The Labute approximate surface area is 159 Å². The minimum absolute atomic E-state index is 0.000435. The quantitative estimate of drug-likeness (QED) is 0.815. The number of nitrogens with zero attached hydrogens (tertiary/aromatic N) is 2. The van der Waals surface area contributed by atoms with Crippen LogP contribution in [0.3, 0.4) is 0 Å². The first-order chi connectivity index (χ1) is 12.9. The van der Waals surface area contributed by atoms with E-state index in [0.29, 0.717) is 29.1 Å². The molecule has 27 heavy (non-hydrogen) atoms. The molecule has 0 amide bonds. The molecule has 2 aliphatic heterocycles. The number of benzene rings is 1. The summed E-state index contributed by atoms with van der Waals surface area (Å²) in [5.74, 6) is 0.759. The van der Waals surface area contributed by atoms with E-state index >= 15 is 0 Å². The number of H-pyrrole nitrogens is 1. The average Bonchev–Trinajstić information content (AvgIpc) is 3.13. The molecule has 2 saturated heterocycles. The van der Waals surface area contributed by atoms with Crippen molar-refractivity contribution in [2.24, 2.45) is 0 Å². The van der Waals surface area contributed by atoms with Crippen LogP contribution in [0.25, 0.3) is 0 Å². The number of hydrogen-bond acceptors (Lipinski definition) is 5. The van der Waals surface area contributed by atoms with Gasteiger partial charge in [-0.3, -0.25) is 5.10 Å². The monoisotopic (exact) mass is 391 g/mol. The highest BCUT2D eigenvalue weighted by molar-refractivity contribution is 7.89. The Bertz CT molecular complexity index is 889.